The van der Waals surface area contributed by atoms with E-state index in [9.17, 15) is 0 Å². The van der Waals surface area contributed by atoms with Gasteiger partial charge < -0.3 is 10.2 Å². The zero-order valence-electron chi connectivity index (χ0n) is 9.47. The molecule has 0 spiro atoms. The van der Waals surface area contributed by atoms with Crippen LogP contribution in [0.5, 0.6) is 0 Å². The van der Waals surface area contributed by atoms with Gasteiger partial charge in [-0.15, -0.1) is 0 Å². The second-order valence-corrected chi connectivity index (χ2v) is 4.67. The van der Waals surface area contributed by atoms with E-state index >= 15 is 0 Å². The van der Waals surface area contributed by atoms with Gasteiger partial charge in [0, 0.05) is 30.3 Å². The van der Waals surface area contributed by atoms with Gasteiger partial charge in [0.15, 0.2) is 0 Å². The maximum absolute atomic E-state index is 8.57. The molecule has 0 unspecified atom stereocenters. The van der Waals surface area contributed by atoms with E-state index in [4.69, 9.17) is 10.2 Å². The Kier molecular flexibility index (Phi) is 9.93. The molecule has 0 bridgehead atoms. The minimum Gasteiger partial charge on any atom is -0.396 e. The summed E-state index contributed by atoms with van der Waals surface area (Å²) in [7, 11) is 0. The van der Waals surface area contributed by atoms with Crippen molar-refractivity contribution in [2.24, 2.45) is 11.8 Å². The molecule has 2 saturated carbocycles. The van der Waals surface area contributed by atoms with E-state index in [0.29, 0.717) is 25.0 Å². The fourth-order valence-electron chi connectivity index (χ4n) is 2.39. The predicted octanol–water partition coefficient (Wildman–Crippen LogP) is 2.34. The maximum atomic E-state index is 8.57. The van der Waals surface area contributed by atoms with Gasteiger partial charge in [-0.25, -0.2) is 0 Å². The number of rotatable bonds is 2. The largest absolute Gasteiger partial charge is 0.396 e. The molecule has 0 aliphatic heterocycles. The minimum absolute atomic E-state index is 0. The molecule has 92 valence electrons. The van der Waals surface area contributed by atoms with E-state index in [1.165, 1.54) is 51.4 Å². The molecule has 0 heterocycles. The zero-order valence-corrected chi connectivity index (χ0v) is 10.6. The summed E-state index contributed by atoms with van der Waals surface area (Å²) in [6.45, 7) is 0.833. The van der Waals surface area contributed by atoms with Gasteiger partial charge in [-0.3, -0.25) is 0 Å². The van der Waals surface area contributed by atoms with E-state index in [1.807, 2.05) is 0 Å². The van der Waals surface area contributed by atoms with E-state index in [0.717, 1.165) is 0 Å². The summed E-state index contributed by atoms with van der Waals surface area (Å²) in [6, 6.07) is 0. The van der Waals surface area contributed by atoms with Crippen LogP contribution in [-0.4, -0.2) is 23.4 Å². The Balaban J connectivity index is 0.000000245. The third-order valence-corrected chi connectivity index (χ3v) is 3.47. The quantitative estimate of drug-likeness (QED) is 0.744. The van der Waals surface area contributed by atoms with Crippen LogP contribution < -0.4 is 0 Å². The molecular formula is C12H24FeO2. The molecule has 2 aliphatic rings. The molecule has 0 amide bonds. The first-order valence-electron chi connectivity index (χ1n) is 6.08. The second kappa shape index (κ2) is 9.65. The van der Waals surface area contributed by atoms with E-state index in [-0.39, 0.29) is 17.1 Å². The molecule has 15 heavy (non-hydrogen) atoms. The smallest absolute Gasteiger partial charge is 0.0459 e. The third kappa shape index (κ3) is 6.57. The number of hydrogen-bond acceptors (Lipinski definition) is 2. The van der Waals surface area contributed by atoms with Crippen LogP contribution in [-0.2, 0) is 17.1 Å². The Morgan fingerprint density at radius 1 is 0.667 bits per heavy atom. The Morgan fingerprint density at radius 3 is 1.07 bits per heavy atom. The minimum atomic E-state index is 0. The molecule has 2 aliphatic carbocycles. The van der Waals surface area contributed by atoms with Crippen molar-refractivity contribution in [1.29, 1.82) is 0 Å². The van der Waals surface area contributed by atoms with Crippen LogP contribution in [0.15, 0.2) is 0 Å². The Bertz CT molecular complexity index is 114. The van der Waals surface area contributed by atoms with Crippen molar-refractivity contribution in [3.63, 3.8) is 0 Å². The van der Waals surface area contributed by atoms with Crippen LogP contribution in [0.4, 0.5) is 0 Å². The van der Waals surface area contributed by atoms with Crippen LogP contribution in [0.2, 0.25) is 0 Å². The number of aliphatic hydroxyl groups is 2. The molecule has 0 saturated heterocycles. The molecule has 2 fully saturated rings. The third-order valence-electron chi connectivity index (χ3n) is 3.47. The van der Waals surface area contributed by atoms with E-state index < -0.39 is 0 Å². The first-order valence-corrected chi connectivity index (χ1v) is 6.08. The molecule has 0 aromatic heterocycles. The van der Waals surface area contributed by atoms with E-state index in [1.54, 1.807) is 0 Å². The Labute approximate surface area is 104 Å². The van der Waals surface area contributed by atoms with Gasteiger partial charge in [0.05, 0.1) is 0 Å². The van der Waals surface area contributed by atoms with Gasteiger partial charge in [0.25, 0.3) is 0 Å². The van der Waals surface area contributed by atoms with Crippen molar-refractivity contribution in [1.82, 2.24) is 0 Å². The zero-order chi connectivity index (χ0) is 10.2. The normalized spacial score (nSPS) is 22.0. The van der Waals surface area contributed by atoms with Crippen LogP contribution in [0, 0.1) is 11.8 Å². The summed E-state index contributed by atoms with van der Waals surface area (Å²) < 4.78 is 0. The van der Waals surface area contributed by atoms with Crippen molar-refractivity contribution in [3.8, 4) is 0 Å². The van der Waals surface area contributed by atoms with Gasteiger partial charge in [-0.2, -0.15) is 0 Å². The monoisotopic (exact) mass is 256 g/mol. The summed E-state index contributed by atoms with van der Waals surface area (Å²) >= 11 is 0. The average molecular weight is 256 g/mol. The van der Waals surface area contributed by atoms with Crippen molar-refractivity contribution < 1.29 is 27.3 Å². The van der Waals surface area contributed by atoms with Crippen LogP contribution in [0.3, 0.4) is 0 Å². The summed E-state index contributed by atoms with van der Waals surface area (Å²) in [5, 5.41) is 17.1. The van der Waals surface area contributed by atoms with Crippen molar-refractivity contribution in [3.05, 3.63) is 0 Å². The SMILES string of the molecule is OCC1CCCC1.OCC1CCCC1.[Fe]. The summed E-state index contributed by atoms with van der Waals surface area (Å²) in [5.74, 6) is 1.31. The molecule has 0 aromatic carbocycles. The van der Waals surface area contributed by atoms with Crippen LogP contribution >= 0.6 is 0 Å². The second-order valence-electron chi connectivity index (χ2n) is 4.67. The summed E-state index contributed by atoms with van der Waals surface area (Å²) in [4.78, 5) is 0. The molecular weight excluding hydrogens is 232 g/mol. The molecule has 0 radical (unpaired) electrons. The topological polar surface area (TPSA) is 40.5 Å². The van der Waals surface area contributed by atoms with Crippen molar-refractivity contribution in [2.75, 3.05) is 13.2 Å². The maximum Gasteiger partial charge on any atom is 0.0459 e. The summed E-state index contributed by atoms with van der Waals surface area (Å²) in [6.07, 6.45) is 10.4. The van der Waals surface area contributed by atoms with Gasteiger partial charge in [0.2, 0.25) is 0 Å². The van der Waals surface area contributed by atoms with Crippen LogP contribution in [0.1, 0.15) is 51.4 Å². The fourth-order valence-corrected chi connectivity index (χ4v) is 2.39. The summed E-state index contributed by atoms with van der Waals surface area (Å²) in [5.41, 5.74) is 0. The van der Waals surface area contributed by atoms with Crippen molar-refractivity contribution in [2.45, 2.75) is 51.4 Å². The Morgan fingerprint density at radius 2 is 0.933 bits per heavy atom. The van der Waals surface area contributed by atoms with E-state index in [2.05, 4.69) is 0 Å². The average Bonchev–Trinajstić information content (AvgIpc) is 2.92. The first kappa shape index (κ1) is 15.4. The molecule has 2 rings (SSSR count). The fraction of sp³-hybridized carbons (Fsp3) is 1.00. The number of aliphatic hydroxyl groups excluding tert-OH is 2. The standard InChI is InChI=1S/2C6H12O.Fe/c2*7-5-6-3-1-2-4-6;/h2*6-7H,1-5H2;. The Hall–Kier alpha value is 0.439. The van der Waals surface area contributed by atoms with Gasteiger partial charge in [-0.1, -0.05) is 25.7 Å². The van der Waals surface area contributed by atoms with Crippen LogP contribution in [0.25, 0.3) is 0 Å². The predicted molar refractivity (Wildman–Crippen MR) is 58.1 cm³/mol. The van der Waals surface area contributed by atoms with Gasteiger partial charge in [-0.05, 0) is 37.5 Å². The number of hydrogen-bond donors (Lipinski definition) is 2. The van der Waals surface area contributed by atoms with Crippen molar-refractivity contribution >= 4 is 0 Å². The van der Waals surface area contributed by atoms with Gasteiger partial charge in [0.1, 0.15) is 0 Å². The first-order chi connectivity index (χ1) is 6.86. The molecule has 2 nitrogen and oxygen atoms in total. The van der Waals surface area contributed by atoms with Gasteiger partial charge >= 0.3 is 0 Å². The molecule has 3 heteroatoms. The molecule has 0 aromatic rings. The molecule has 2 N–H and O–H groups in total. The molecule has 0 atom stereocenters.